The fourth-order valence-corrected chi connectivity index (χ4v) is 2.43. The van der Waals surface area contributed by atoms with Crippen LogP contribution in [0.5, 0.6) is 0 Å². The first kappa shape index (κ1) is 13.7. The molecule has 0 atom stereocenters. The Kier molecular flexibility index (Phi) is 3.65. The van der Waals surface area contributed by atoms with E-state index in [-0.39, 0.29) is 24.8 Å². The average Bonchev–Trinajstić information content (AvgIpc) is 2.73. The number of aromatic amines is 1. The summed E-state index contributed by atoms with van der Waals surface area (Å²) in [7, 11) is 0. The number of halogens is 2. The number of aromatic nitrogens is 2. The lowest BCUT2D eigenvalue weighted by atomic mass is 10.1. The summed E-state index contributed by atoms with van der Waals surface area (Å²) in [6, 6.07) is 14.8. The van der Waals surface area contributed by atoms with Crippen molar-refractivity contribution >= 4 is 57.4 Å². The van der Waals surface area contributed by atoms with Crippen molar-refractivity contribution in [2.75, 3.05) is 0 Å². The highest BCUT2D eigenvalue weighted by Gasteiger charge is 2.04. The first-order chi connectivity index (χ1) is 8.42. The van der Waals surface area contributed by atoms with Crippen molar-refractivity contribution < 1.29 is 0 Å². The van der Waals surface area contributed by atoms with E-state index >= 15 is 0 Å². The molecule has 2 heterocycles. The molecular formula is C15H12Cl2N2. The summed E-state index contributed by atoms with van der Waals surface area (Å²) >= 11 is 0. The molecule has 0 aliphatic rings. The highest BCUT2D eigenvalue weighted by molar-refractivity contribution is 6.11. The van der Waals surface area contributed by atoms with Crippen molar-refractivity contribution in [1.82, 2.24) is 9.97 Å². The summed E-state index contributed by atoms with van der Waals surface area (Å²) in [5.41, 5.74) is 2.37. The fraction of sp³-hybridized carbons (Fsp3) is 0. The van der Waals surface area contributed by atoms with E-state index in [4.69, 9.17) is 0 Å². The maximum absolute atomic E-state index is 4.17. The summed E-state index contributed by atoms with van der Waals surface area (Å²) in [6.07, 6.45) is 3.74. The number of pyridine rings is 1. The van der Waals surface area contributed by atoms with Crippen molar-refractivity contribution in [3.8, 4) is 0 Å². The van der Waals surface area contributed by atoms with E-state index in [9.17, 15) is 0 Å². The quantitative estimate of drug-likeness (QED) is 0.499. The number of hydrogen-bond acceptors (Lipinski definition) is 1. The van der Waals surface area contributed by atoms with Crippen LogP contribution in [0.15, 0.2) is 54.9 Å². The first-order valence-corrected chi connectivity index (χ1v) is 5.66. The third-order valence-electron chi connectivity index (χ3n) is 3.26. The van der Waals surface area contributed by atoms with E-state index in [1.54, 1.807) is 0 Å². The van der Waals surface area contributed by atoms with Crippen LogP contribution in [0.1, 0.15) is 0 Å². The number of rotatable bonds is 0. The Labute approximate surface area is 122 Å². The van der Waals surface area contributed by atoms with Crippen LogP contribution in [0.25, 0.3) is 32.6 Å². The van der Waals surface area contributed by atoms with Gasteiger partial charge in [0.15, 0.2) is 0 Å². The minimum Gasteiger partial charge on any atom is -0.354 e. The van der Waals surface area contributed by atoms with E-state index in [2.05, 4.69) is 46.4 Å². The fourth-order valence-electron chi connectivity index (χ4n) is 2.43. The molecule has 0 unspecified atom stereocenters. The van der Waals surface area contributed by atoms with Gasteiger partial charge in [0, 0.05) is 39.6 Å². The van der Waals surface area contributed by atoms with Gasteiger partial charge in [0.1, 0.15) is 0 Å². The normalized spacial score (nSPS) is 10.3. The third-order valence-corrected chi connectivity index (χ3v) is 3.26. The molecule has 1 N–H and O–H groups in total. The van der Waals surface area contributed by atoms with E-state index in [1.165, 1.54) is 32.6 Å². The molecule has 2 aromatic heterocycles. The predicted molar refractivity (Wildman–Crippen MR) is 85.6 cm³/mol. The Bertz CT molecular complexity index is 846. The van der Waals surface area contributed by atoms with E-state index in [0.29, 0.717) is 0 Å². The lowest BCUT2D eigenvalue weighted by Crippen LogP contribution is -1.75. The molecule has 96 valence electrons. The molecule has 4 aromatic rings. The molecular weight excluding hydrogens is 279 g/mol. The van der Waals surface area contributed by atoms with Gasteiger partial charge in [-0.25, -0.2) is 0 Å². The van der Waals surface area contributed by atoms with Crippen LogP contribution in [0.4, 0.5) is 0 Å². The zero-order valence-corrected chi connectivity index (χ0v) is 11.6. The van der Waals surface area contributed by atoms with E-state index in [0.717, 1.165) is 0 Å². The molecule has 4 heteroatoms. The minimum atomic E-state index is 0. The highest BCUT2D eigenvalue weighted by Crippen LogP contribution is 2.28. The van der Waals surface area contributed by atoms with Crippen molar-refractivity contribution in [1.29, 1.82) is 0 Å². The molecule has 4 rings (SSSR count). The van der Waals surface area contributed by atoms with Gasteiger partial charge in [0.05, 0.1) is 0 Å². The molecule has 19 heavy (non-hydrogen) atoms. The maximum Gasteiger partial charge on any atom is 0.0471 e. The summed E-state index contributed by atoms with van der Waals surface area (Å²) in [5.74, 6) is 0. The first-order valence-electron chi connectivity index (χ1n) is 5.66. The zero-order valence-electron chi connectivity index (χ0n) is 9.96. The molecule has 2 aromatic carbocycles. The SMILES string of the molecule is Cl.Cl.c1ccc2c(c1)[nH]c1cc3ccncc3cc12. The summed E-state index contributed by atoms with van der Waals surface area (Å²) in [6.45, 7) is 0. The molecule has 0 saturated carbocycles. The topological polar surface area (TPSA) is 28.7 Å². The largest absolute Gasteiger partial charge is 0.354 e. The van der Waals surface area contributed by atoms with Crippen molar-refractivity contribution in [2.24, 2.45) is 0 Å². The Hall–Kier alpha value is -1.77. The predicted octanol–water partition coefficient (Wildman–Crippen LogP) is 4.71. The molecule has 0 saturated heterocycles. The van der Waals surface area contributed by atoms with Gasteiger partial charge in [-0.2, -0.15) is 0 Å². The number of H-pyrrole nitrogens is 1. The Morgan fingerprint density at radius 2 is 1.63 bits per heavy atom. The van der Waals surface area contributed by atoms with Crippen LogP contribution in [-0.2, 0) is 0 Å². The van der Waals surface area contributed by atoms with Crippen molar-refractivity contribution in [3.63, 3.8) is 0 Å². The Balaban J connectivity index is 0.000000667. The van der Waals surface area contributed by atoms with Crippen LogP contribution in [-0.4, -0.2) is 9.97 Å². The second-order valence-electron chi connectivity index (χ2n) is 4.29. The van der Waals surface area contributed by atoms with Crippen LogP contribution in [0.3, 0.4) is 0 Å². The van der Waals surface area contributed by atoms with E-state index in [1.807, 2.05) is 18.5 Å². The summed E-state index contributed by atoms with van der Waals surface area (Å²) < 4.78 is 0. The van der Waals surface area contributed by atoms with Gasteiger partial charge in [-0.1, -0.05) is 18.2 Å². The molecule has 0 radical (unpaired) electrons. The molecule has 2 nitrogen and oxygen atoms in total. The lowest BCUT2D eigenvalue weighted by molar-refractivity contribution is 1.37. The minimum absolute atomic E-state index is 0. The Morgan fingerprint density at radius 3 is 2.53 bits per heavy atom. The van der Waals surface area contributed by atoms with Crippen LogP contribution in [0.2, 0.25) is 0 Å². The summed E-state index contributed by atoms with van der Waals surface area (Å²) in [5, 5.41) is 4.94. The number of para-hydroxylation sites is 1. The number of fused-ring (bicyclic) bond motifs is 4. The smallest absolute Gasteiger partial charge is 0.0471 e. The van der Waals surface area contributed by atoms with E-state index < -0.39 is 0 Å². The highest BCUT2D eigenvalue weighted by atomic mass is 35.5. The average molecular weight is 291 g/mol. The maximum atomic E-state index is 4.17. The molecule has 0 spiro atoms. The van der Waals surface area contributed by atoms with Crippen LogP contribution < -0.4 is 0 Å². The molecule has 0 aliphatic heterocycles. The monoisotopic (exact) mass is 290 g/mol. The number of nitrogens with zero attached hydrogens (tertiary/aromatic N) is 1. The summed E-state index contributed by atoms with van der Waals surface area (Å²) in [4.78, 5) is 7.62. The van der Waals surface area contributed by atoms with Gasteiger partial charge < -0.3 is 4.98 Å². The van der Waals surface area contributed by atoms with Gasteiger partial charge >= 0.3 is 0 Å². The molecule has 0 fully saturated rings. The van der Waals surface area contributed by atoms with Crippen molar-refractivity contribution in [3.05, 3.63) is 54.9 Å². The number of benzene rings is 2. The standard InChI is InChI=1S/C15H10N2.2ClH/c1-2-4-14-12(3-1)13-7-11-9-16-6-5-10(11)8-15(13)17-14;;/h1-9,17H;2*1H. The van der Waals surface area contributed by atoms with Gasteiger partial charge in [0.25, 0.3) is 0 Å². The number of hydrogen-bond donors (Lipinski definition) is 1. The van der Waals surface area contributed by atoms with Crippen LogP contribution in [0, 0.1) is 0 Å². The Morgan fingerprint density at radius 1 is 0.789 bits per heavy atom. The zero-order chi connectivity index (χ0) is 11.2. The number of nitrogens with one attached hydrogen (secondary N) is 1. The second kappa shape index (κ2) is 5.08. The molecule has 0 bridgehead atoms. The van der Waals surface area contributed by atoms with Gasteiger partial charge in [0.2, 0.25) is 0 Å². The van der Waals surface area contributed by atoms with Gasteiger partial charge in [-0.15, -0.1) is 24.8 Å². The van der Waals surface area contributed by atoms with Crippen LogP contribution >= 0.6 is 24.8 Å². The molecule has 0 aliphatic carbocycles. The van der Waals surface area contributed by atoms with Gasteiger partial charge in [-0.3, -0.25) is 4.98 Å². The third kappa shape index (κ3) is 2.03. The lowest BCUT2D eigenvalue weighted by Gasteiger charge is -1.97. The van der Waals surface area contributed by atoms with Crippen molar-refractivity contribution in [2.45, 2.75) is 0 Å². The second-order valence-corrected chi connectivity index (χ2v) is 4.29. The molecule has 0 amide bonds. The van der Waals surface area contributed by atoms with Gasteiger partial charge in [-0.05, 0) is 29.7 Å².